The van der Waals surface area contributed by atoms with Crippen LogP contribution in [0.15, 0.2) is 43.0 Å². The summed E-state index contributed by atoms with van der Waals surface area (Å²) in [5.41, 5.74) is 2.54. The van der Waals surface area contributed by atoms with Gasteiger partial charge in [0, 0.05) is 22.3 Å². The van der Waals surface area contributed by atoms with E-state index in [4.69, 9.17) is 16.3 Å². The Hall–Kier alpha value is -2.47. The van der Waals surface area contributed by atoms with Crippen LogP contribution in [0.4, 0.5) is 0 Å². The van der Waals surface area contributed by atoms with E-state index in [1.54, 1.807) is 30.3 Å². The summed E-state index contributed by atoms with van der Waals surface area (Å²) < 4.78 is 6.92. The minimum Gasteiger partial charge on any atom is -0.494 e. The highest BCUT2D eigenvalue weighted by Gasteiger charge is 2.13. The van der Waals surface area contributed by atoms with Gasteiger partial charge in [0.2, 0.25) is 0 Å². The maximum atomic E-state index is 6.11. The molecule has 3 rings (SSSR count). The predicted molar refractivity (Wildman–Crippen MR) is 73.9 cm³/mol. The van der Waals surface area contributed by atoms with Crippen molar-refractivity contribution in [2.45, 2.75) is 0 Å². The van der Waals surface area contributed by atoms with Crippen molar-refractivity contribution >= 4 is 11.6 Å². The summed E-state index contributed by atoms with van der Waals surface area (Å²) in [5, 5.41) is 11.8. The summed E-state index contributed by atoms with van der Waals surface area (Å²) in [6.07, 6.45) is 4.88. The zero-order chi connectivity index (χ0) is 13.9. The van der Waals surface area contributed by atoms with Gasteiger partial charge < -0.3 is 4.74 Å². The highest BCUT2D eigenvalue weighted by atomic mass is 35.5. The number of rotatable bonds is 3. The highest BCUT2D eigenvalue weighted by molar-refractivity contribution is 6.31. The molecule has 3 aromatic rings. The minimum absolute atomic E-state index is 0.621. The molecular formula is C13H10ClN5O. The number of pyridine rings is 1. The van der Waals surface area contributed by atoms with Gasteiger partial charge in [-0.25, -0.2) is 0 Å². The lowest BCUT2D eigenvalue weighted by molar-refractivity contribution is 0.414. The number of hydrogen-bond donors (Lipinski definition) is 0. The molecule has 2 heterocycles. The normalized spacial score (nSPS) is 10.5. The summed E-state index contributed by atoms with van der Waals surface area (Å²) >= 11 is 6.11. The molecule has 0 aliphatic rings. The number of ether oxygens (including phenoxy) is 1. The van der Waals surface area contributed by atoms with Gasteiger partial charge in [0.25, 0.3) is 0 Å². The molecule has 0 amide bonds. The molecule has 20 heavy (non-hydrogen) atoms. The van der Waals surface area contributed by atoms with E-state index in [0.29, 0.717) is 10.8 Å². The van der Waals surface area contributed by atoms with Gasteiger partial charge in [-0.3, -0.25) is 4.98 Å². The Bertz CT molecular complexity index is 729. The Morgan fingerprint density at radius 1 is 1.20 bits per heavy atom. The van der Waals surface area contributed by atoms with Crippen molar-refractivity contribution in [2.24, 2.45) is 0 Å². The Morgan fingerprint density at radius 3 is 2.85 bits per heavy atom. The number of benzene rings is 1. The first-order chi connectivity index (χ1) is 9.79. The molecule has 0 spiro atoms. The molecule has 0 saturated heterocycles. The van der Waals surface area contributed by atoms with Gasteiger partial charge >= 0.3 is 0 Å². The first-order valence-electron chi connectivity index (χ1n) is 5.81. The lowest BCUT2D eigenvalue weighted by atomic mass is 10.0. The van der Waals surface area contributed by atoms with Crippen molar-refractivity contribution in [3.05, 3.63) is 48.0 Å². The molecule has 0 fully saturated rings. The van der Waals surface area contributed by atoms with Crippen LogP contribution in [-0.2, 0) is 0 Å². The second kappa shape index (κ2) is 5.26. The molecule has 0 radical (unpaired) electrons. The predicted octanol–water partition coefficient (Wildman–Crippen LogP) is 2.39. The molecule has 1 aromatic carbocycles. The van der Waals surface area contributed by atoms with Crippen molar-refractivity contribution < 1.29 is 4.74 Å². The lowest BCUT2D eigenvalue weighted by Crippen LogP contribution is -1.99. The summed E-state index contributed by atoms with van der Waals surface area (Å²) in [6.45, 7) is 0. The number of halogens is 1. The second-order valence-electron chi connectivity index (χ2n) is 3.99. The zero-order valence-corrected chi connectivity index (χ0v) is 11.3. The van der Waals surface area contributed by atoms with Crippen LogP contribution in [0.3, 0.4) is 0 Å². The van der Waals surface area contributed by atoms with Crippen molar-refractivity contribution in [2.75, 3.05) is 7.11 Å². The quantitative estimate of drug-likeness (QED) is 0.740. The van der Waals surface area contributed by atoms with Gasteiger partial charge in [0.15, 0.2) is 0 Å². The third-order valence-corrected chi connectivity index (χ3v) is 3.08. The molecule has 0 unspecified atom stereocenters. The van der Waals surface area contributed by atoms with Crippen LogP contribution in [0.25, 0.3) is 16.8 Å². The number of aromatic nitrogens is 5. The molecule has 100 valence electrons. The van der Waals surface area contributed by atoms with E-state index in [-0.39, 0.29) is 0 Å². The molecule has 7 heteroatoms. The first-order valence-corrected chi connectivity index (χ1v) is 6.18. The minimum atomic E-state index is 0.621. The fraction of sp³-hybridized carbons (Fsp3) is 0.0769. The number of nitrogens with zero attached hydrogens (tertiary/aromatic N) is 5. The van der Waals surface area contributed by atoms with Gasteiger partial charge in [-0.05, 0) is 34.7 Å². The lowest BCUT2D eigenvalue weighted by Gasteiger charge is -2.12. The van der Waals surface area contributed by atoms with Crippen LogP contribution < -0.4 is 4.74 Å². The number of hydrogen-bond acceptors (Lipinski definition) is 5. The summed E-state index contributed by atoms with van der Waals surface area (Å²) in [5.74, 6) is 0.657. The van der Waals surface area contributed by atoms with E-state index in [2.05, 4.69) is 20.5 Å². The largest absolute Gasteiger partial charge is 0.494 e. The van der Waals surface area contributed by atoms with Gasteiger partial charge in [0.1, 0.15) is 12.1 Å². The molecule has 0 N–H and O–H groups in total. The molecule has 0 aliphatic heterocycles. The zero-order valence-electron chi connectivity index (χ0n) is 10.6. The Kier molecular flexibility index (Phi) is 3.30. The van der Waals surface area contributed by atoms with E-state index in [9.17, 15) is 0 Å². The summed E-state index contributed by atoms with van der Waals surface area (Å²) in [4.78, 5) is 4.05. The Morgan fingerprint density at radius 2 is 2.10 bits per heavy atom. The van der Waals surface area contributed by atoms with Crippen LogP contribution >= 0.6 is 11.6 Å². The van der Waals surface area contributed by atoms with E-state index >= 15 is 0 Å². The Balaban J connectivity index is 2.25. The van der Waals surface area contributed by atoms with E-state index < -0.39 is 0 Å². The smallest absolute Gasteiger partial charge is 0.145 e. The molecular weight excluding hydrogens is 278 g/mol. The first kappa shape index (κ1) is 12.6. The third kappa shape index (κ3) is 2.21. The topological polar surface area (TPSA) is 65.7 Å². The average molecular weight is 288 g/mol. The molecule has 0 saturated carbocycles. The monoisotopic (exact) mass is 287 g/mol. The fourth-order valence-corrected chi connectivity index (χ4v) is 2.13. The summed E-state index contributed by atoms with van der Waals surface area (Å²) in [6, 6.07) is 7.35. The van der Waals surface area contributed by atoms with E-state index in [1.165, 1.54) is 6.33 Å². The molecule has 0 atom stereocenters. The van der Waals surface area contributed by atoms with Crippen molar-refractivity contribution in [1.82, 2.24) is 25.2 Å². The van der Waals surface area contributed by atoms with Crippen LogP contribution in [0, 0.1) is 0 Å². The number of tetrazole rings is 1. The Labute approximate surface area is 120 Å². The van der Waals surface area contributed by atoms with Gasteiger partial charge in [-0.2, -0.15) is 4.68 Å². The molecule has 6 nitrogen and oxygen atoms in total. The van der Waals surface area contributed by atoms with Crippen molar-refractivity contribution in [1.29, 1.82) is 0 Å². The van der Waals surface area contributed by atoms with Gasteiger partial charge in [-0.1, -0.05) is 11.6 Å². The van der Waals surface area contributed by atoms with Crippen LogP contribution in [-0.4, -0.2) is 32.3 Å². The van der Waals surface area contributed by atoms with E-state index in [0.717, 1.165) is 16.8 Å². The molecule has 0 bridgehead atoms. The average Bonchev–Trinajstić information content (AvgIpc) is 3.01. The van der Waals surface area contributed by atoms with Gasteiger partial charge in [0.05, 0.1) is 19.0 Å². The maximum absolute atomic E-state index is 6.11. The second-order valence-corrected chi connectivity index (χ2v) is 4.43. The van der Waals surface area contributed by atoms with Gasteiger partial charge in [-0.15, -0.1) is 5.10 Å². The third-order valence-electron chi connectivity index (χ3n) is 2.85. The summed E-state index contributed by atoms with van der Waals surface area (Å²) in [7, 11) is 1.60. The maximum Gasteiger partial charge on any atom is 0.145 e. The van der Waals surface area contributed by atoms with Crippen molar-refractivity contribution in [3.8, 4) is 22.6 Å². The van der Waals surface area contributed by atoms with Crippen molar-refractivity contribution in [3.63, 3.8) is 0 Å². The van der Waals surface area contributed by atoms with E-state index in [1.807, 2.05) is 18.2 Å². The van der Waals surface area contributed by atoms with Crippen LogP contribution in [0.2, 0.25) is 5.02 Å². The molecule has 0 aliphatic carbocycles. The van der Waals surface area contributed by atoms with Crippen LogP contribution in [0.1, 0.15) is 0 Å². The van der Waals surface area contributed by atoms with Crippen LogP contribution in [0.5, 0.6) is 5.75 Å². The fourth-order valence-electron chi connectivity index (χ4n) is 1.96. The molecule has 2 aromatic heterocycles. The number of methoxy groups -OCH3 is 1. The highest BCUT2D eigenvalue weighted by Crippen LogP contribution is 2.34. The SMILES string of the molecule is COc1cnccc1-c1cc(Cl)ccc1-n1cnnn1. The standard InChI is InChI=1S/C13H10ClN5O/c1-20-13-7-15-5-4-10(13)11-6-9(14)2-3-12(11)19-8-16-17-18-19/h2-8H,1H3.